The van der Waals surface area contributed by atoms with Crippen LogP contribution in [0.3, 0.4) is 0 Å². The van der Waals surface area contributed by atoms with Crippen LogP contribution in [0.4, 0.5) is 11.4 Å². The van der Waals surface area contributed by atoms with Crippen molar-refractivity contribution in [2.24, 2.45) is 4.99 Å². The molecule has 1 aliphatic rings. The van der Waals surface area contributed by atoms with E-state index in [9.17, 15) is 13.2 Å². The van der Waals surface area contributed by atoms with E-state index >= 15 is 0 Å². The Morgan fingerprint density at radius 3 is 1.97 bits per heavy atom. The average Bonchev–Trinajstić information content (AvgIpc) is 3.21. The highest BCUT2D eigenvalue weighted by atomic mass is 32.2. The molecule has 0 radical (unpaired) electrons. The maximum Gasteiger partial charge on any atom is 0.339 e. The highest BCUT2D eigenvalue weighted by Gasteiger charge is 2.35. The lowest BCUT2D eigenvalue weighted by Gasteiger charge is -2.16. The van der Waals surface area contributed by atoms with Crippen molar-refractivity contribution in [3.8, 4) is 5.75 Å². The summed E-state index contributed by atoms with van der Waals surface area (Å²) in [6.45, 7) is 5.87. The van der Waals surface area contributed by atoms with Crippen molar-refractivity contribution >= 4 is 50.4 Å². The molecular weight excluding hydrogens is 528 g/mol. The smallest absolute Gasteiger partial charge is 0.339 e. The van der Waals surface area contributed by atoms with Gasteiger partial charge in [-0.2, -0.15) is 8.42 Å². The number of carbonyl (C=O) groups is 1. The predicted molar refractivity (Wildman–Crippen MR) is 158 cm³/mol. The molecule has 1 fully saturated rings. The van der Waals surface area contributed by atoms with Crippen LogP contribution in [0.2, 0.25) is 0 Å². The van der Waals surface area contributed by atoms with Gasteiger partial charge in [-0.3, -0.25) is 9.69 Å². The van der Waals surface area contributed by atoms with E-state index in [1.807, 2.05) is 69.3 Å². The zero-order valence-corrected chi connectivity index (χ0v) is 23.3. The number of rotatable bonds is 6. The molecule has 1 heterocycles. The number of anilines is 1. The Labute approximate surface area is 232 Å². The van der Waals surface area contributed by atoms with Gasteiger partial charge < -0.3 is 4.18 Å². The standard InChI is InChI=1S/C31H26N2O4S2/c1-21-8-14-25(15-9-21)32-31-33(26-16-10-22(2)11-17-26)30(34)29(38-31)20-24-6-4-5-7-28(24)37-39(35,36)27-18-12-23(3)13-19-27/h4-20H,1-3H3/b29-20-,32-31?. The fourth-order valence-corrected chi connectivity index (χ4v) is 5.83. The minimum Gasteiger partial charge on any atom is -0.378 e. The SMILES string of the molecule is Cc1ccc(N=C2S/C(=C\c3ccccc3OS(=O)(=O)c3ccc(C)cc3)C(=O)N2c2ccc(C)cc2)cc1. The van der Waals surface area contributed by atoms with Crippen LogP contribution in [-0.4, -0.2) is 19.5 Å². The van der Waals surface area contributed by atoms with Crippen LogP contribution >= 0.6 is 11.8 Å². The van der Waals surface area contributed by atoms with E-state index in [-0.39, 0.29) is 16.6 Å². The summed E-state index contributed by atoms with van der Waals surface area (Å²) in [5, 5.41) is 0.504. The first-order chi connectivity index (χ1) is 18.7. The first-order valence-electron chi connectivity index (χ1n) is 12.3. The number of para-hydroxylation sites is 1. The van der Waals surface area contributed by atoms with Crippen molar-refractivity contribution in [2.45, 2.75) is 25.7 Å². The predicted octanol–water partition coefficient (Wildman–Crippen LogP) is 7.19. The summed E-state index contributed by atoms with van der Waals surface area (Å²) < 4.78 is 31.5. The van der Waals surface area contributed by atoms with Crippen LogP contribution in [0.5, 0.6) is 5.75 Å². The number of nitrogens with zero attached hydrogens (tertiary/aromatic N) is 2. The van der Waals surface area contributed by atoms with Gasteiger partial charge in [0.1, 0.15) is 10.6 Å². The van der Waals surface area contributed by atoms with Gasteiger partial charge in [-0.15, -0.1) is 0 Å². The van der Waals surface area contributed by atoms with Crippen molar-refractivity contribution in [2.75, 3.05) is 4.90 Å². The van der Waals surface area contributed by atoms with E-state index in [0.717, 1.165) is 22.4 Å². The Hall–Kier alpha value is -4.14. The van der Waals surface area contributed by atoms with Crippen molar-refractivity contribution in [1.82, 2.24) is 0 Å². The molecule has 5 rings (SSSR count). The molecular formula is C31H26N2O4S2. The van der Waals surface area contributed by atoms with Gasteiger partial charge in [-0.05, 0) is 81.1 Å². The Kier molecular flexibility index (Phi) is 7.41. The molecule has 0 spiro atoms. The summed E-state index contributed by atoms with van der Waals surface area (Å²) in [6.07, 6.45) is 1.64. The van der Waals surface area contributed by atoms with E-state index in [4.69, 9.17) is 9.18 Å². The fraction of sp³-hybridized carbons (Fsp3) is 0.0968. The molecule has 0 atom stereocenters. The average molecular weight is 555 g/mol. The van der Waals surface area contributed by atoms with Gasteiger partial charge in [0.05, 0.1) is 16.3 Å². The monoisotopic (exact) mass is 554 g/mol. The second-order valence-electron chi connectivity index (χ2n) is 9.21. The molecule has 8 heteroatoms. The molecule has 196 valence electrons. The summed E-state index contributed by atoms with van der Waals surface area (Å²) in [7, 11) is -4.07. The fourth-order valence-electron chi connectivity index (χ4n) is 3.89. The van der Waals surface area contributed by atoms with Crippen molar-refractivity contribution in [1.29, 1.82) is 0 Å². The zero-order chi connectivity index (χ0) is 27.6. The van der Waals surface area contributed by atoms with Crippen LogP contribution in [0.1, 0.15) is 22.3 Å². The highest BCUT2D eigenvalue weighted by molar-refractivity contribution is 8.19. The van der Waals surface area contributed by atoms with Crippen LogP contribution in [0, 0.1) is 20.8 Å². The van der Waals surface area contributed by atoms with E-state index in [0.29, 0.717) is 21.3 Å². The Bertz CT molecular complexity index is 1690. The molecule has 0 aliphatic carbocycles. The number of amidine groups is 1. The van der Waals surface area contributed by atoms with E-state index in [2.05, 4.69) is 0 Å². The van der Waals surface area contributed by atoms with Crippen LogP contribution in [0.15, 0.2) is 112 Å². The Balaban J connectivity index is 1.52. The second-order valence-corrected chi connectivity index (χ2v) is 11.8. The van der Waals surface area contributed by atoms with Gasteiger partial charge in [-0.1, -0.05) is 71.3 Å². The third kappa shape index (κ3) is 5.97. The number of hydrogen-bond donors (Lipinski definition) is 0. The number of hydrogen-bond acceptors (Lipinski definition) is 6. The van der Waals surface area contributed by atoms with Crippen LogP contribution < -0.4 is 9.08 Å². The van der Waals surface area contributed by atoms with Crippen LogP contribution in [-0.2, 0) is 14.9 Å². The normalized spacial score (nSPS) is 15.8. The summed E-state index contributed by atoms with van der Waals surface area (Å²) in [5.74, 6) is -0.129. The van der Waals surface area contributed by atoms with Gasteiger partial charge in [-0.25, -0.2) is 4.99 Å². The molecule has 0 aromatic heterocycles. The van der Waals surface area contributed by atoms with Gasteiger partial charge in [0, 0.05) is 5.56 Å². The first kappa shape index (κ1) is 26.5. The molecule has 0 N–H and O–H groups in total. The lowest BCUT2D eigenvalue weighted by atomic mass is 10.2. The number of benzene rings is 4. The first-order valence-corrected chi connectivity index (χ1v) is 14.5. The van der Waals surface area contributed by atoms with E-state index < -0.39 is 10.1 Å². The Morgan fingerprint density at radius 2 is 1.33 bits per heavy atom. The topological polar surface area (TPSA) is 76.0 Å². The molecule has 1 aliphatic heterocycles. The molecule has 4 aromatic rings. The maximum absolute atomic E-state index is 13.7. The molecule has 39 heavy (non-hydrogen) atoms. The molecule has 1 amide bonds. The lowest BCUT2D eigenvalue weighted by molar-refractivity contribution is -0.113. The Morgan fingerprint density at radius 1 is 0.769 bits per heavy atom. The number of carbonyl (C=O) groups excluding carboxylic acids is 1. The van der Waals surface area contributed by atoms with Crippen molar-refractivity contribution in [3.05, 3.63) is 124 Å². The maximum atomic E-state index is 13.7. The number of aliphatic imine (C=N–C) groups is 1. The van der Waals surface area contributed by atoms with Gasteiger partial charge in [0.15, 0.2) is 5.17 Å². The lowest BCUT2D eigenvalue weighted by Crippen LogP contribution is -2.28. The molecule has 4 aromatic carbocycles. The summed E-state index contributed by atoms with van der Waals surface area (Å²) in [6, 6.07) is 28.6. The largest absolute Gasteiger partial charge is 0.378 e. The highest BCUT2D eigenvalue weighted by Crippen LogP contribution is 2.38. The minimum atomic E-state index is -4.07. The van der Waals surface area contributed by atoms with Gasteiger partial charge in [0.2, 0.25) is 0 Å². The summed E-state index contributed by atoms with van der Waals surface area (Å²) in [5.41, 5.74) is 5.01. The van der Waals surface area contributed by atoms with Crippen LogP contribution in [0.25, 0.3) is 6.08 Å². The number of amides is 1. The molecule has 0 unspecified atom stereocenters. The number of aryl methyl sites for hydroxylation is 3. The molecule has 1 saturated heterocycles. The molecule has 6 nitrogen and oxygen atoms in total. The van der Waals surface area contributed by atoms with Gasteiger partial charge >= 0.3 is 10.1 Å². The van der Waals surface area contributed by atoms with E-state index in [1.54, 1.807) is 47.4 Å². The third-order valence-corrected chi connectivity index (χ3v) is 8.29. The third-order valence-electron chi connectivity index (χ3n) is 6.07. The quantitative estimate of drug-likeness (QED) is 0.186. The van der Waals surface area contributed by atoms with Crippen molar-refractivity contribution in [3.63, 3.8) is 0 Å². The summed E-state index contributed by atoms with van der Waals surface area (Å²) in [4.78, 5) is 20.5. The second kappa shape index (κ2) is 10.9. The molecule has 0 saturated carbocycles. The number of thioether (sulfide) groups is 1. The summed E-state index contributed by atoms with van der Waals surface area (Å²) >= 11 is 1.23. The molecule has 0 bridgehead atoms. The van der Waals surface area contributed by atoms with E-state index in [1.165, 1.54) is 23.9 Å². The minimum absolute atomic E-state index is 0.0555. The van der Waals surface area contributed by atoms with Crippen molar-refractivity contribution < 1.29 is 17.4 Å². The van der Waals surface area contributed by atoms with Gasteiger partial charge in [0.25, 0.3) is 5.91 Å². The zero-order valence-electron chi connectivity index (χ0n) is 21.7.